The predicted molar refractivity (Wildman–Crippen MR) is 309 cm³/mol. The summed E-state index contributed by atoms with van der Waals surface area (Å²) in [7, 11) is 0. The van der Waals surface area contributed by atoms with Gasteiger partial charge in [0.15, 0.2) is 46.5 Å². The summed E-state index contributed by atoms with van der Waals surface area (Å²) in [6.07, 6.45) is 36.2. The van der Waals surface area contributed by atoms with Gasteiger partial charge in [0.05, 0.1) is 0 Å². The second-order valence-electron chi connectivity index (χ2n) is 25.1. The van der Waals surface area contributed by atoms with Crippen molar-refractivity contribution in [3.05, 3.63) is 178 Å². The van der Waals surface area contributed by atoms with Crippen LogP contribution in [0.15, 0.2) is 109 Å². The average Bonchev–Trinajstić information content (AvgIpc) is 3.54. The topological polar surface area (TPSA) is 0 Å². The molecule has 0 heterocycles. The Morgan fingerprint density at radius 1 is 0.210 bits per heavy atom. The van der Waals surface area contributed by atoms with E-state index in [-0.39, 0.29) is 11.1 Å². The molecule has 0 atom stereocenters. The summed E-state index contributed by atoms with van der Waals surface area (Å²) < 4.78 is 121. The second-order valence-corrected chi connectivity index (χ2v) is 25.1. The minimum Gasteiger partial charge on any atom is -0.206 e. The third kappa shape index (κ3) is 14.9. The molecular weight excluding hydrogens is 1040 g/mol. The lowest BCUT2D eigenvalue weighted by Gasteiger charge is -2.36. The largest absolute Gasteiger partial charge is 0.206 e. The van der Waals surface area contributed by atoms with Gasteiger partial charge in [0.1, 0.15) is 5.82 Å². The molecule has 6 fully saturated rings. The van der Waals surface area contributed by atoms with Gasteiger partial charge in [0, 0.05) is 5.56 Å². The van der Waals surface area contributed by atoms with Crippen molar-refractivity contribution in [2.45, 2.75) is 191 Å². The van der Waals surface area contributed by atoms with E-state index in [0.717, 1.165) is 89.3 Å². The molecule has 0 saturated heterocycles. The molecule has 0 N–H and O–H groups in total. The summed E-state index contributed by atoms with van der Waals surface area (Å²) in [6.45, 7) is 0. The van der Waals surface area contributed by atoms with E-state index in [4.69, 9.17) is 0 Å². The molecule has 0 aliphatic heterocycles. The van der Waals surface area contributed by atoms with Gasteiger partial charge in [-0.3, -0.25) is 0 Å². The Morgan fingerprint density at radius 3 is 0.889 bits per heavy atom. The van der Waals surface area contributed by atoms with Gasteiger partial charge in [0.2, 0.25) is 0 Å². The van der Waals surface area contributed by atoms with Gasteiger partial charge in [0.25, 0.3) is 0 Å². The van der Waals surface area contributed by atoms with Gasteiger partial charge in [-0.05, 0) is 217 Å². The van der Waals surface area contributed by atoms with Crippen LogP contribution >= 0.6 is 0 Å². The van der Waals surface area contributed by atoms with E-state index in [9.17, 15) is 39.5 Å². The molecule has 0 aromatic heterocycles. The summed E-state index contributed by atoms with van der Waals surface area (Å²) in [5.74, 6) is -2.87. The first kappa shape index (κ1) is 58.9. The highest BCUT2D eigenvalue weighted by Gasteiger charge is 2.32. The molecule has 6 aliphatic rings. The Balaban J connectivity index is 0.000000136. The highest BCUT2D eigenvalue weighted by atomic mass is 19.2. The Bertz CT molecular complexity index is 2910. The van der Waals surface area contributed by atoms with Crippen molar-refractivity contribution in [2.24, 2.45) is 35.5 Å². The third-order valence-electron chi connectivity index (χ3n) is 20.4. The first-order valence-electron chi connectivity index (χ1n) is 31.1. The summed E-state index contributed by atoms with van der Waals surface area (Å²) in [4.78, 5) is 0. The zero-order valence-electron chi connectivity index (χ0n) is 47.1. The van der Waals surface area contributed by atoms with E-state index in [1.54, 1.807) is 12.1 Å². The van der Waals surface area contributed by atoms with E-state index in [1.807, 2.05) is 18.2 Å². The zero-order valence-corrected chi connectivity index (χ0v) is 47.1. The molecule has 6 aromatic carbocycles. The van der Waals surface area contributed by atoms with Crippen LogP contribution in [0.3, 0.4) is 0 Å². The summed E-state index contributed by atoms with van der Waals surface area (Å²) in [6, 6.07) is 29.2. The lowest BCUT2D eigenvalue weighted by Crippen LogP contribution is -2.23. The number of hydrogen-bond donors (Lipinski definition) is 0. The molecule has 0 spiro atoms. The van der Waals surface area contributed by atoms with Gasteiger partial charge >= 0.3 is 0 Å². The Hall–Kier alpha value is -5.31. The Labute approximate surface area is 475 Å². The van der Waals surface area contributed by atoms with E-state index in [1.165, 1.54) is 190 Å². The minimum absolute atomic E-state index is 0.0152. The van der Waals surface area contributed by atoms with Crippen molar-refractivity contribution in [3.63, 3.8) is 0 Å². The van der Waals surface area contributed by atoms with Gasteiger partial charge in [-0.15, -0.1) is 0 Å². The normalized spacial score (nSPS) is 24.1. The van der Waals surface area contributed by atoms with Gasteiger partial charge in [-0.25, -0.2) is 39.5 Å². The van der Waals surface area contributed by atoms with Crippen LogP contribution in [0.4, 0.5) is 39.5 Å². The molecule has 6 aromatic rings. The number of hydrogen-bond acceptors (Lipinski definition) is 0. The van der Waals surface area contributed by atoms with Crippen molar-refractivity contribution >= 4 is 0 Å². The molecule has 0 unspecified atom stereocenters. The van der Waals surface area contributed by atoms with Crippen molar-refractivity contribution in [3.8, 4) is 33.4 Å². The third-order valence-corrected chi connectivity index (χ3v) is 20.4. The van der Waals surface area contributed by atoms with Crippen LogP contribution in [-0.2, 0) is 0 Å². The zero-order chi connectivity index (χ0) is 56.4. The quantitative estimate of drug-likeness (QED) is 0.1000. The lowest BCUT2D eigenvalue weighted by molar-refractivity contribution is 0.186. The maximum absolute atomic E-state index is 14.7. The predicted octanol–water partition coefficient (Wildman–Crippen LogP) is 22.9. The van der Waals surface area contributed by atoms with Crippen LogP contribution in [0.1, 0.15) is 208 Å². The molecule has 432 valence electrons. The van der Waals surface area contributed by atoms with E-state index in [0.29, 0.717) is 28.9 Å². The molecule has 9 heteroatoms. The highest BCUT2D eigenvalue weighted by Crippen LogP contribution is 2.47. The van der Waals surface area contributed by atoms with Crippen molar-refractivity contribution in [1.82, 2.24) is 0 Å². The summed E-state index contributed by atoms with van der Waals surface area (Å²) in [5, 5.41) is 0. The molecule has 6 saturated carbocycles. The molecular formula is C72H81F9. The van der Waals surface area contributed by atoms with Crippen molar-refractivity contribution in [1.29, 1.82) is 0 Å². The molecule has 12 rings (SSSR count). The molecule has 81 heavy (non-hydrogen) atoms. The maximum atomic E-state index is 14.7. The fraction of sp³-hybridized carbons (Fsp3) is 0.500. The van der Waals surface area contributed by atoms with Crippen LogP contribution < -0.4 is 0 Å². The fourth-order valence-corrected chi connectivity index (χ4v) is 15.6. The average molecular weight is 1120 g/mol. The van der Waals surface area contributed by atoms with Crippen LogP contribution in [0, 0.1) is 87.9 Å². The second kappa shape index (κ2) is 27.8. The SMILES string of the molecule is Fc1cc(-c2ccc(C3CCC(C4CCCCC4)CC3)cc2)cc(F)c1F.Fc1cc(C2CCC(C3CCCCC3)CC2)ccc1-c1cc(F)c(F)c(F)c1.Fc1ccc(-c2ccc(C3CCC(C4CCCCC4)CC3)cc2)cc1F. The minimum atomic E-state index is -1.53. The summed E-state index contributed by atoms with van der Waals surface area (Å²) in [5.41, 5.74) is 6.54. The highest BCUT2D eigenvalue weighted by molar-refractivity contribution is 5.66. The summed E-state index contributed by atoms with van der Waals surface area (Å²) >= 11 is 0. The molecule has 0 bridgehead atoms. The smallest absolute Gasteiger partial charge is 0.194 e. The van der Waals surface area contributed by atoms with E-state index in [2.05, 4.69) is 36.4 Å². The van der Waals surface area contributed by atoms with Gasteiger partial charge in [-0.2, -0.15) is 0 Å². The Morgan fingerprint density at radius 2 is 0.519 bits per heavy atom. The Kier molecular flexibility index (Phi) is 20.2. The number of benzene rings is 6. The van der Waals surface area contributed by atoms with Crippen LogP contribution in [0.5, 0.6) is 0 Å². The standard InChI is InChI=1S/C24H26F4.C24H27F3.C24H28F2/c25-21-12-18(10-11-20(21)19-13-22(26)24(28)23(27)14-19)17-8-6-16(7-9-17)15-4-2-1-3-5-15;25-22-14-21(15-23(26)24(22)27)20-12-10-19(11-13-20)18-8-6-17(7-9-18)16-4-2-1-3-5-16;25-23-15-14-22(16-24(23)26)21-12-10-20(11-13-21)19-8-6-18(7-9-19)17-4-2-1-3-5-17/h10-17H,1-9H2;10-18H,1-9H2;10-19H,1-9H2. The van der Waals surface area contributed by atoms with Crippen LogP contribution in [-0.4, -0.2) is 0 Å². The maximum Gasteiger partial charge on any atom is 0.194 e. The first-order chi connectivity index (χ1) is 39.3. The molecule has 0 nitrogen and oxygen atoms in total. The fourth-order valence-electron chi connectivity index (χ4n) is 15.6. The van der Waals surface area contributed by atoms with E-state index >= 15 is 0 Å². The molecule has 0 radical (unpaired) electrons. The van der Waals surface area contributed by atoms with Crippen molar-refractivity contribution < 1.29 is 39.5 Å². The lowest BCUT2D eigenvalue weighted by atomic mass is 9.70. The van der Waals surface area contributed by atoms with Crippen molar-refractivity contribution in [2.75, 3.05) is 0 Å². The number of rotatable bonds is 9. The van der Waals surface area contributed by atoms with Gasteiger partial charge in [-0.1, -0.05) is 163 Å². The monoisotopic (exact) mass is 1120 g/mol. The van der Waals surface area contributed by atoms with E-state index < -0.39 is 52.4 Å². The van der Waals surface area contributed by atoms with Crippen LogP contribution in [0.25, 0.3) is 33.4 Å². The molecule has 0 amide bonds. The molecule has 6 aliphatic carbocycles. The first-order valence-corrected chi connectivity index (χ1v) is 31.1. The number of halogens is 9. The van der Waals surface area contributed by atoms with Crippen LogP contribution in [0.2, 0.25) is 0 Å². The van der Waals surface area contributed by atoms with Gasteiger partial charge < -0.3 is 0 Å².